The average Bonchev–Trinajstić information content (AvgIpc) is 2.35. The van der Waals surface area contributed by atoms with E-state index in [1.54, 1.807) is 13.0 Å². The zero-order valence-corrected chi connectivity index (χ0v) is 12.8. The Kier molecular flexibility index (Phi) is 3.44. The number of rotatable bonds is 4. The van der Waals surface area contributed by atoms with Gasteiger partial charge >= 0.3 is 5.97 Å². The van der Waals surface area contributed by atoms with Crippen molar-refractivity contribution >= 4 is 5.97 Å². The van der Waals surface area contributed by atoms with Gasteiger partial charge in [-0.25, -0.2) is 4.79 Å². The van der Waals surface area contributed by atoms with Gasteiger partial charge in [0.15, 0.2) is 0 Å². The predicted molar refractivity (Wildman–Crippen MR) is 77.4 cm³/mol. The first-order valence-electron chi connectivity index (χ1n) is 7.98. The van der Waals surface area contributed by atoms with E-state index < -0.39 is 5.97 Å². The van der Waals surface area contributed by atoms with Gasteiger partial charge in [0.1, 0.15) is 0 Å². The summed E-state index contributed by atoms with van der Waals surface area (Å²) in [4.78, 5) is 10.9. The Balaban J connectivity index is 1.73. The van der Waals surface area contributed by atoms with Crippen molar-refractivity contribution in [3.05, 3.63) is 11.6 Å². The highest BCUT2D eigenvalue weighted by molar-refractivity contribution is 5.85. The summed E-state index contributed by atoms with van der Waals surface area (Å²) in [7, 11) is 0. The molecule has 0 amide bonds. The van der Waals surface area contributed by atoms with Crippen molar-refractivity contribution in [2.45, 2.75) is 64.6 Å². The van der Waals surface area contributed by atoms with Gasteiger partial charge in [-0.3, -0.25) is 0 Å². The highest BCUT2D eigenvalue weighted by Gasteiger charge is 2.55. The maximum Gasteiger partial charge on any atom is 0.331 e. The molecule has 20 heavy (non-hydrogen) atoms. The van der Waals surface area contributed by atoms with Crippen molar-refractivity contribution in [1.29, 1.82) is 0 Å². The molecule has 0 aliphatic heterocycles. The molecule has 0 aromatic heterocycles. The third kappa shape index (κ3) is 2.30. The Morgan fingerprint density at radius 1 is 1.20 bits per heavy atom. The minimum Gasteiger partial charge on any atom is -0.478 e. The maximum atomic E-state index is 10.9. The Hall–Kier alpha value is -0.830. The lowest BCUT2D eigenvalue weighted by Gasteiger charge is -2.60. The molecule has 0 radical (unpaired) electrons. The molecule has 3 nitrogen and oxygen atoms in total. The Bertz CT molecular complexity index is 410. The molecule has 1 unspecified atom stereocenters. The SMILES string of the molecule is CC(=CC(C)OC1(C)C2CC3CC(C2)CC1C3)C(=O)O. The number of hydrogen-bond acceptors (Lipinski definition) is 2. The fraction of sp³-hybridized carbons (Fsp3) is 0.824. The van der Waals surface area contributed by atoms with E-state index in [-0.39, 0.29) is 11.7 Å². The number of carboxylic acids is 1. The fourth-order valence-electron chi connectivity index (χ4n) is 5.17. The van der Waals surface area contributed by atoms with E-state index in [4.69, 9.17) is 9.84 Å². The van der Waals surface area contributed by atoms with Crippen LogP contribution in [0.1, 0.15) is 52.9 Å². The summed E-state index contributed by atoms with van der Waals surface area (Å²) in [6, 6.07) is 0. The molecule has 4 aliphatic rings. The molecule has 0 aromatic carbocycles. The zero-order valence-electron chi connectivity index (χ0n) is 12.8. The highest BCUT2D eigenvalue weighted by Crippen LogP contribution is 2.59. The third-order valence-corrected chi connectivity index (χ3v) is 6.02. The predicted octanol–water partition coefficient (Wildman–Crippen LogP) is 3.64. The highest BCUT2D eigenvalue weighted by atomic mass is 16.5. The zero-order chi connectivity index (χ0) is 14.5. The van der Waals surface area contributed by atoms with Crippen molar-refractivity contribution in [2.24, 2.45) is 23.7 Å². The van der Waals surface area contributed by atoms with Crippen molar-refractivity contribution in [3.8, 4) is 0 Å². The third-order valence-electron chi connectivity index (χ3n) is 6.02. The van der Waals surface area contributed by atoms with E-state index in [0.29, 0.717) is 17.4 Å². The fourth-order valence-corrected chi connectivity index (χ4v) is 5.17. The molecule has 3 heteroatoms. The van der Waals surface area contributed by atoms with Crippen molar-refractivity contribution in [1.82, 2.24) is 0 Å². The molecule has 1 N–H and O–H groups in total. The lowest BCUT2D eigenvalue weighted by molar-refractivity contribution is -0.205. The van der Waals surface area contributed by atoms with E-state index in [2.05, 4.69) is 6.92 Å². The molecule has 0 spiro atoms. The summed E-state index contributed by atoms with van der Waals surface area (Å²) in [6.45, 7) is 5.89. The summed E-state index contributed by atoms with van der Waals surface area (Å²) < 4.78 is 6.40. The van der Waals surface area contributed by atoms with Gasteiger partial charge in [0, 0.05) is 5.57 Å². The summed E-state index contributed by atoms with van der Waals surface area (Å²) in [5.41, 5.74) is 0.340. The lowest BCUT2D eigenvalue weighted by Crippen LogP contribution is -2.58. The number of aliphatic carboxylic acids is 1. The van der Waals surface area contributed by atoms with Crippen molar-refractivity contribution in [3.63, 3.8) is 0 Å². The monoisotopic (exact) mass is 278 g/mol. The van der Waals surface area contributed by atoms with E-state index in [0.717, 1.165) is 11.8 Å². The molecule has 0 aromatic rings. The first kappa shape index (κ1) is 14.1. The number of ether oxygens (including phenoxy) is 1. The number of hydrogen-bond donors (Lipinski definition) is 1. The average molecular weight is 278 g/mol. The first-order valence-corrected chi connectivity index (χ1v) is 7.98. The van der Waals surface area contributed by atoms with Gasteiger partial charge in [-0.2, -0.15) is 0 Å². The Morgan fingerprint density at radius 2 is 1.70 bits per heavy atom. The van der Waals surface area contributed by atoms with Gasteiger partial charge < -0.3 is 9.84 Å². The number of carbonyl (C=O) groups is 1. The minimum absolute atomic E-state index is 0.0396. The molecule has 4 rings (SSSR count). The molecular formula is C17H26O3. The van der Waals surface area contributed by atoms with Crippen molar-refractivity contribution in [2.75, 3.05) is 0 Å². The van der Waals surface area contributed by atoms with Crippen LogP contribution in [0.5, 0.6) is 0 Å². The van der Waals surface area contributed by atoms with Gasteiger partial charge in [0.2, 0.25) is 0 Å². The topological polar surface area (TPSA) is 46.5 Å². The smallest absolute Gasteiger partial charge is 0.331 e. The van der Waals surface area contributed by atoms with E-state index in [1.807, 2.05) is 6.92 Å². The van der Waals surface area contributed by atoms with Crippen LogP contribution in [0.2, 0.25) is 0 Å². The lowest BCUT2D eigenvalue weighted by atomic mass is 9.50. The van der Waals surface area contributed by atoms with Gasteiger partial charge in [-0.1, -0.05) is 0 Å². The summed E-state index contributed by atoms with van der Waals surface area (Å²) in [5, 5.41) is 8.98. The van der Waals surface area contributed by atoms with Crippen LogP contribution < -0.4 is 0 Å². The van der Waals surface area contributed by atoms with Crippen LogP contribution in [0.15, 0.2) is 11.6 Å². The van der Waals surface area contributed by atoms with Crippen LogP contribution in [0.3, 0.4) is 0 Å². The standard InChI is InChI=1S/C17H26O3/c1-10(16(18)19)4-11(2)20-17(3)14-6-12-5-13(8-14)9-15(17)7-12/h4,11-15H,5-9H2,1-3H3,(H,18,19). The largest absolute Gasteiger partial charge is 0.478 e. The van der Waals surface area contributed by atoms with Crippen molar-refractivity contribution < 1.29 is 14.6 Å². The van der Waals surface area contributed by atoms with Gasteiger partial charge in [-0.05, 0) is 82.6 Å². The summed E-state index contributed by atoms with van der Waals surface area (Å²) >= 11 is 0. The Morgan fingerprint density at radius 3 is 2.15 bits per heavy atom. The van der Waals surface area contributed by atoms with Gasteiger partial charge in [-0.15, -0.1) is 0 Å². The number of carboxylic acid groups (broad SMARTS) is 1. The van der Waals surface area contributed by atoms with Crippen LogP contribution >= 0.6 is 0 Å². The quantitative estimate of drug-likeness (QED) is 0.799. The van der Waals surface area contributed by atoms with Crippen LogP contribution in [-0.4, -0.2) is 22.8 Å². The molecule has 4 fully saturated rings. The summed E-state index contributed by atoms with van der Waals surface area (Å²) in [5.74, 6) is 2.37. The van der Waals surface area contributed by atoms with Crippen LogP contribution in [0, 0.1) is 23.7 Å². The van der Waals surface area contributed by atoms with Crippen LogP contribution in [0.25, 0.3) is 0 Å². The van der Waals surface area contributed by atoms with Gasteiger partial charge in [0.25, 0.3) is 0 Å². The molecule has 112 valence electrons. The van der Waals surface area contributed by atoms with E-state index in [1.165, 1.54) is 32.1 Å². The van der Waals surface area contributed by atoms with Gasteiger partial charge in [0.05, 0.1) is 11.7 Å². The molecule has 4 aliphatic carbocycles. The molecule has 4 bridgehead atoms. The van der Waals surface area contributed by atoms with E-state index in [9.17, 15) is 4.79 Å². The van der Waals surface area contributed by atoms with Crippen LogP contribution in [0.4, 0.5) is 0 Å². The molecule has 0 heterocycles. The minimum atomic E-state index is -0.851. The molecular weight excluding hydrogens is 252 g/mol. The molecule has 0 saturated heterocycles. The maximum absolute atomic E-state index is 10.9. The second kappa shape index (κ2) is 4.87. The molecule has 4 saturated carbocycles. The molecule has 1 atom stereocenters. The summed E-state index contributed by atoms with van der Waals surface area (Å²) in [6.07, 6.45) is 8.34. The second-order valence-corrected chi connectivity index (χ2v) is 7.47. The first-order chi connectivity index (χ1) is 9.38. The normalized spacial score (nSPS) is 44.6. The van der Waals surface area contributed by atoms with E-state index >= 15 is 0 Å². The Labute approximate surface area is 121 Å². The van der Waals surface area contributed by atoms with Crippen LogP contribution in [-0.2, 0) is 9.53 Å². The second-order valence-electron chi connectivity index (χ2n) is 7.47.